The first-order valence-electron chi connectivity index (χ1n) is 6.27. The van der Waals surface area contributed by atoms with Crippen molar-refractivity contribution in [1.29, 1.82) is 0 Å². The molecule has 0 amide bonds. The lowest BCUT2D eigenvalue weighted by Gasteiger charge is -2.33. The van der Waals surface area contributed by atoms with Crippen LogP contribution in [0.1, 0.15) is 29.7 Å². The largest absolute Gasteiger partial charge is 0.328 e. The van der Waals surface area contributed by atoms with Crippen molar-refractivity contribution in [3.05, 3.63) is 41.1 Å². The van der Waals surface area contributed by atoms with Crippen molar-refractivity contribution in [2.24, 2.45) is 0 Å². The van der Waals surface area contributed by atoms with Crippen LogP contribution in [0.4, 0.5) is 0 Å². The normalized spacial score (nSPS) is 24.1. The van der Waals surface area contributed by atoms with Gasteiger partial charge < -0.3 is 5.43 Å². The Labute approximate surface area is 102 Å². The highest BCUT2D eigenvalue weighted by Gasteiger charge is 2.23. The Morgan fingerprint density at radius 2 is 2.24 bits per heavy atom. The second-order valence-corrected chi connectivity index (χ2v) is 4.95. The highest BCUT2D eigenvalue weighted by molar-refractivity contribution is 5.72. The van der Waals surface area contributed by atoms with Crippen molar-refractivity contribution in [1.82, 2.24) is 15.8 Å². The zero-order chi connectivity index (χ0) is 11.8. The molecular formula is C14H19N3. The molecular weight excluding hydrogens is 210 g/mol. The van der Waals surface area contributed by atoms with Gasteiger partial charge in [-0.15, -0.1) is 0 Å². The molecule has 0 bridgehead atoms. The van der Waals surface area contributed by atoms with Crippen LogP contribution in [0.2, 0.25) is 0 Å². The summed E-state index contributed by atoms with van der Waals surface area (Å²) in [5.74, 6) is 0. The molecule has 2 N–H and O–H groups in total. The summed E-state index contributed by atoms with van der Waals surface area (Å²) in [5, 5.41) is 0. The van der Waals surface area contributed by atoms with Crippen LogP contribution >= 0.6 is 0 Å². The maximum absolute atomic E-state index is 3.14. The van der Waals surface area contributed by atoms with Gasteiger partial charge in [-0.25, -0.2) is 5.43 Å². The monoisotopic (exact) mass is 229 g/mol. The maximum atomic E-state index is 3.14. The van der Waals surface area contributed by atoms with E-state index in [1.54, 1.807) is 0 Å². The van der Waals surface area contributed by atoms with Crippen molar-refractivity contribution in [2.45, 2.75) is 19.4 Å². The first-order valence-corrected chi connectivity index (χ1v) is 6.27. The number of hydrogen-bond donors (Lipinski definition) is 2. The third-order valence-corrected chi connectivity index (χ3v) is 4.01. The number of hydrazine groups is 1. The Kier molecular flexibility index (Phi) is 2.65. The van der Waals surface area contributed by atoms with Gasteiger partial charge in [0, 0.05) is 25.3 Å². The van der Waals surface area contributed by atoms with Gasteiger partial charge in [-0.1, -0.05) is 18.2 Å². The number of rotatable bonds is 1. The van der Waals surface area contributed by atoms with E-state index in [-0.39, 0.29) is 0 Å². The molecule has 0 saturated carbocycles. The van der Waals surface area contributed by atoms with E-state index in [0.29, 0.717) is 6.04 Å². The van der Waals surface area contributed by atoms with Gasteiger partial charge in [0.25, 0.3) is 0 Å². The van der Waals surface area contributed by atoms with Crippen LogP contribution in [0.3, 0.4) is 0 Å². The summed E-state index contributed by atoms with van der Waals surface area (Å²) in [6, 6.07) is 7.23. The van der Waals surface area contributed by atoms with E-state index in [9.17, 15) is 0 Å². The van der Waals surface area contributed by atoms with Crippen LogP contribution in [0.25, 0.3) is 5.57 Å². The minimum Gasteiger partial charge on any atom is -0.328 e. The van der Waals surface area contributed by atoms with E-state index >= 15 is 0 Å². The quantitative estimate of drug-likeness (QED) is 0.767. The molecule has 3 rings (SSSR count). The fourth-order valence-electron chi connectivity index (χ4n) is 2.80. The van der Waals surface area contributed by atoms with Crippen molar-refractivity contribution >= 4 is 5.57 Å². The fourth-order valence-corrected chi connectivity index (χ4v) is 2.80. The lowest BCUT2D eigenvalue weighted by molar-refractivity contribution is 0.247. The van der Waals surface area contributed by atoms with Crippen molar-refractivity contribution in [3.8, 4) is 0 Å². The molecule has 1 aromatic rings. The number of benzene rings is 1. The average molecular weight is 229 g/mol. The summed E-state index contributed by atoms with van der Waals surface area (Å²) in [5.41, 5.74) is 12.0. The van der Waals surface area contributed by atoms with E-state index in [2.05, 4.69) is 54.1 Å². The van der Waals surface area contributed by atoms with Gasteiger partial charge in [0.2, 0.25) is 0 Å². The molecule has 0 radical (unpaired) electrons. The molecule has 0 aromatic heterocycles. The van der Waals surface area contributed by atoms with Crippen LogP contribution in [0.15, 0.2) is 24.4 Å². The molecule has 3 nitrogen and oxygen atoms in total. The molecule has 0 fully saturated rings. The molecule has 2 heterocycles. The molecule has 90 valence electrons. The molecule has 0 saturated heterocycles. The van der Waals surface area contributed by atoms with Crippen molar-refractivity contribution in [3.63, 3.8) is 0 Å². The predicted octanol–water partition coefficient (Wildman–Crippen LogP) is 1.68. The Hall–Kier alpha value is -1.32. The lowest BCUT2D eigenvalue weighted by atomic mass is 9.87. The smallest absolute Gasteiger partial charge is 0.0419 e. The Morgan fingerprint density at radius 3 is 3.00 bits per heavy atom. The summed E-state index contributed by atoms with van der Waals surface area (Å²) in [6.07, 6.45) is 3.24. The average Bonchev–Trinajstić information content (AvgIpc) is 2.87. The van der Waals surface area contributed by atoms with E-state index in [1.165, 1.54) is 22.3 Å². The first-order chi connectivity index (χ1) is 8.27. The lowest BCUT2D eigenvalue weighted by Crippen LogP contribution is -2.31. The third-order valence-electron chi connectivity index (χ3n) is 4.01. The summed E-state index contributed by atoms with van der Waals surface area (Å²) < 4.78 is 0. The molecule has 1 atom stereocenters. The van der Waals surface area contributed by atoms with Crippen molar-refractivity contribution < 1.29 is 0 Å². The van der Waals surface area contributed by atoms with E-state index in [0.717, 1.165) is 19.5 Å². The van der Waals surface area contributed by atoms with Crippen LogP contribution < -0.4 is 10.9 Å². The SMILES string of the molecule is CC1c2cccc(C3=CNNC3)c2CCN1C. The van der Waals surface area contributed by atoms with E-state index in [4.69, 9.17) is 0 Å². The Bertz CT molecular complexity index is 465. The highest BCUT2D eigenvalue weighted by Crippen LogP contribution is 2.33. The zero-order valence-corrected chi connectivity index (χ0v) is 10.5. The first kappa shape index (κ1) is 10.8. The molecule has 1 aromatic carbocycles. The molecule has 0 spiro atoms. The van der Waals surface area contributed by atoms with Gasteiger partial charge >= 0.3 is 0 Å². The van der Waals surface area contributed by atoms with Gasteiger partial charge in [0.05, 0.1) is 0 Å². The summed E-state index contributed by atoms with van der Waals surface area (Å²) in [6.45, 7) is 4.36. The topological polar surface area (TPSA) is 27.3 Å². The Balaban J connectivity index is 2.07. The van der Waals surface area contributed by atoms with Gasteiger partial charge in [0.15, 0.2) is 0 Å². The molecule has 3 heteroatoms. The maximum Gasteiger partial charge on any atom is 0.0419 e. The third kappa shape index (κ3) is 1.75. The van der Waals surface area contributed by atoms with Gasteiger partial charge in [-0.3, -0.25) is 4.90 Å². The van der Waals surface area contributed by atoms with Gasteiger partial charge in [0.1, 0.15) is 0 Å². The van der Waals surface area contributed by atoms with Gasteiger partial charge in [-0.05, 0) is 42.7 Å². The molecule has 2 aliphatic heterocycles. The van der Waals surface area contributed by atoms with Crippen LogP contribution in [-0.2, 0) is 6.42 Å². The molecule has 0 aliphatic carbocycles. The molecule has 1 unspecified atom stereocenters. The predicted molar refractivity (Wildman–Crippen MR) is 70.3 cm³/mol. The minimum absolute atomic E-state index is 0.529. The second kappa shape index (κ2) is 4.17. The number of fused-ring (bicyclic) bond motifs is 1. The van der Waals surface area contributed by atoms with Crippen LogP contribution in [0, 0.1) is 0 Å². The number of hydrogen-bond acceptors (Lipinski definition) is 3. The molecule has 2 aliphatic rings. The second-order valence-electron chi connectivity index (χ2n) is 4.95. The minimum atomic E-state index is 0.529. The Morgan fingerprint density at radius 1 is 1.35 bits per heavy atom. The van der Waals surface area contributed by atoms with Crippen LogP contribution in [0.5, 0.6) is 0 Å². The van der Waals surface area contributed by atoms with Gasteiger partial charge in [-0.2, -0.15) is 0 Å². The summed E-state index contributed by atoms with van der Waals surface area (Å²) in [7, 11) is 2.21. The summed E-state index contributed by atoms with van der Waals surface area (Å²) in [4.78, 5) is 2.42. The van der Waals surface area contributed by atoms with Crippen molar-refractivity contribution in [2.75, 3.05) is 20.1 Å². The molecule has 17 heavy (non-hydrogen) atoms. The highest BCUT2D eigenvalue weighted by atomic mass is 15.4. The van der Waals surface area contributed by atoms with E-state index in [1.807, 2.05) is 0 Å². The summed E-state index contributed by atoms with van der Waals surface area (Å²) >= 11 is 0. The fraction of sp³-hybridized carbons (Fsp3) is 0.429. The zero-order valence-electron chi connectivity index (χ0n) is 10.5. The standard InChI is InChI=1S/C14H19N3/c1-10-12-4-3-5-13(11-8-15-16-9-11)14(12)6-7-17(10)2/h3-5,8,10,15-16H,6-7,9H2,1-2H3. The van der Waals surface area contributed by atoms with Crippen LogP contribution in [-0.4, -0.2) is 25.0 Å². The number of nitrogens with one attached hydrogen (secondary N) is 2. The number of likely N-dealkylation sites (N-methyl/N-ethyl adjacent to an activating group) is 1. The van der Waals surface area contributed by atoms with E-state index < -0.39 is 0 Å². The number of nitrogens with zero attached hydrogens (tertiary/aromatic N) is 1.